The summed E-state index contributed by atoms with van der Waals surface area (Å²) in [6, 6.07) is 15.1. The number of fused-ring (bicyclic) bond motifs is 3. The largest absolute Gasteiger partial charge is 0.383 e. The molecule has 0 spiro atoms. The molecule has 31 heavy (non-hydrogen) atoms. The topological polar surface area (TPSA) is 76.5 Å². The highest BCUT2D eigenvalue weighted by molar-refractivity contribution is 6.30. The number of nitrogens with one attached hydrogen (secondary N) is 1. The fourth-order valence-electron chi connectivity index (χ4n) is 4.03. The lowest BCUT2D eigenvalue weighted by molar-refractivity contribution is -0.133. The van der Waals surface area contributed by atoms with Crippen LogP contribution in [-0.4, -0.2) is 58.6 Å². The van der Waals surface area contributed by atoms with Gasteiger partial charge in [-0.2, -0.15) is 0 Å². The first-order valence-corrected chi connectivity index (χ1v) is 10.6. The van der Waals surface area contributed by atoms with Crippen LogP contribution in [0.4, 0.5) is 0 Å². The molecule has 0 aliphatic carbocycles. The van der Waals surface area contributed by atoms with Gasteiger partial charge in [0, 0.05) is 25.2 Å². The van der Waals surface area contributed by atoms with Crippen molar-refractivity contribution < 1.29 is 14.3 Å². The van der Waals surface area contributed by atoms with Gasteiger partial charge in [0.1, 0.15) is 5.54 Å². The fourth-order valence-corrected chi connectivity index (χ4v) is 4.15. The Bertz CT molecular complexity index is 1110. The van der Waals surface area contributed by atoms with Crippen LogP contribution >= 0.6 is 11.6 Å². The third-order valence-corrected chi connectivity index (χ3v) is 6.02. The van der Waals surface area contributed by atoms with E-state index in [1.165, 1.54) is 0 Å². The van der Waals surface area contributed by atoms with Crippen molar-refractivity contribution in [3.8, 4) is 0 Å². The zero-order valence-corrected chi connectivity index (χ0v) is 18.4. The van der Waals surface area contributed by atoms with Gasteiger partial charge < -0.3 is 19.5 Å². The predicted molar refractivity (Wildman–Crippen MR) is 119 cm³/mol. The highest BCUT2D eigenvalue weighted by Crippen LogP contribution is 2.30. The van der Waals surface area contributed by atoms with Gasteiger partial charge in [-0.05, 0) is 43.2 Å². The van der Waals surface area contributed by atoms with Crippen LogP contribution < -0.4 is 5.32 Å². The number of benzene rings is 2. The minimum atomic E-state index is -1.06. The van der Waals surface area contributed by atoms with Crippen LogP contribution in [0.5, 0.6) is 0 Å². The molecule has 2 heterocycles. The number of amides is 2. The number of hydrogen-bond acceptors (Lipinski definition) is 4. The number of nitrogens with zero attached hydrogens (tertiary/aromatic N) is 3. The number of carbonyl (C=O) groups excluding carboxylic acids is 2. The van der Waals surface area contributed by atoms with E-state index in [1.54, 1.807) is 12.0 Å². The minimum absolute atomic E-state index is 0.211. The molecule has 1 aliphatic rings. The van der Waals surface area contributed by atoms with Crippen molar-refractivity contribution >= 4 is 34.4 Å². The van der Waals surface area contributed by atoms with Gasteiger partial charge in [-0.3, -0.25) is 9.59 Å². The number of para-hydroxylation sites is 2. The van der Waals surface area contributed by atoms with Crippen molar-refractivity contribution in [3.63, 3.8) is 0 Å². The number of halogens is 1. The van der Waals surface area contributed by atoms with Crippen molar-refractivity contribution in [2.75, 3.05) is 26.8 Å². The fraction of sp³-hybridized carbons (Fsp3) is 0.348. The molecule has 0 fully saturated rings. The third kappa shape index (κ3) is 4.03. The molecule has 1 N–H and O–H groups in total. The van der Waals surface area contributed by atoms with Crippen molar-refractivity contribution in [1.82, 2.24) is 19.8 Å². The average Bonchev–Trinajstić information content (AvgIpc) is 3.13. The molecular weight excluding hydrogens is 416 g/mol. The van der Waals surface area contributed by atoms with Gasteiger partial charge in [-0.15, -0.1) is 0 Å². The van der Waals surface area contributed by atoms with Crippen molar-refractivity contribution in [1.29, 1.82) is 0 Å². The first-order chi connectivity index (χ1) is 14.9. The Labute approximate surface area is 186 Å². The number of ether oxygens (including phenoxy) is 1. The number of rotatable bonds is 7. The number of aromatic nitrogens is 2. The van der Waals surface area contributed by atoms with E-state index in [0.29, 0.717) is 43.5 Å². The number of hydrogen-bond donors (Lipinski definition) is 1. The molecule has 0 radical (unpaired) electrons. The van der Waals surface area contributed by atoms with Crippen molar-refractivity contribution in [2.45, 2.75) is 25.4 Å². The molecule has 4 rings (SSSR count). The van der Waals surface area contributed by atoms with Gasteiger partial charge in [0.15, 0.2) is 5.82 Å². The first-order valence-electron chi connectivity index (χ1n) is 10.2. The molecule has 0 unspecified atom stereocenters. The van der Waals surface area contributed by atoms with E-state index in [0.717, 1.165) is 16.6 Å². The maximum Gasteiger partial charge on any atom is 0.290 e. The van der Waals surface area contributed by atoms with Crippen LogP contribution in [0.25, 0.3) is 11.0 Å². The summed E-state index contributed by atoms with van der Waals surface area (Å²) in [5, 5.41) is 3.57. The lowest BCUT2D eigenvalue weighted by Gasteiger charge is -2.43. The Hall–Kier alpha value is -2.90. The van der Waals surface area contributed by atoms with Gasteiger partial charge in [-0.1, -0.05) is 35.9 Å². The normalized spacial score (nSPS) is 18.3. The van der Waals surface area contributed by atoms with E-state index >= 15 is 0 Å². The Morgan fingerprint density at radius 2 is 1.97 bits per heavy atom. The lowest BCUT2D eigenvalue weighted by atomic mass is 9.94. The second-order valence-electron chi connectivity index (χ2n) is 7.87. The van der Waals surface area contributed by atoms with E-state index in [9.17, 15) is 9.59 Å². The van der Waals surface area contributed by atoms with Crippen molar-refractivity contribution in [2.24, 2.45) is 0 Å². The summed E-state index contributed by atoms with van der Waals surface area (Å²) in [6.45, 7) is 3.31. The summed E-state index contributed by atoms with van der Waals surface area (Å²) in [4.78, 5) is 33.0. The Morgan fingerprint density at radius 1 is 1.23 bits per heavy atom. The smallest absolute Gasteiger partial charge is 0.290 e. The second kappa shape index (κ2) is 8.69. The zero-order valence-electron chi connectivity index (χ0n) is 17.6. The quantitative estimate of drug-likeness (QED) is 0.573. The van der Waals surface area contributed by atoms with Gasteiger partial charge in [0.2, 0.25) is 5.91 Å². The summed E-state index contributed by atoms with van der Waals surface area (Å²) in [6.07, 6.45) is 0.601. The number of imidazole rings is 1. The molecule has 1 aromatic heterocycles. The van der Waals surface area contributed by atoms with Gasteiger partial charge in [0.25, 0.3) is 5.91 Å². The SMILES string of the molecule is COCCNC(=O)[C@]1(C)Cn2c(nc3ccccc32)C(=O)N1CCc1ccc(Cl)cc1. The monoisotopic (exact) mass is 440 g/mol. The van der Waals surface area contributed by atoms with Crippen LogP contribution in [-0.2, 0) is 22.5 Å². The number of carbonyl (C=O) groups is 2. The van der Waals surface area contributed by atoms with E-state index in [1.807, 2.05) is 60.0 Å². The summed E-state index contributed by atoms with van der Waals surface area (Å²) in [5.74, 6) is -0.0993. The van der Waals surface area contributed by atoms with E-state index in [4.69, 9.17) is 16.3 Å². The Kier molecular flexibility index (Phi) is 5.98. The third-order valence-electron chi connectivity index (χ3n) is 5.77. The van der Waals surface area contributed by atoms with Crippen molar-refractivity contribution in [3.05, 3.63) is 64.9 Å². The van der Waals surface area contributed by atoms with Gasteiger partial charge in [0.05, 0.1) is 24.2 Å². The molecule has 1 atom stereocenters. The van der Waals surface area contributed by atoms with Crippen LogP contribution in [0.2, 0.25) is 5.02 Å². The maximum absolute atomic E-state index is 13.5. The highest BCUT2D eigenvalue weighted by atomic mass is 35.5. The summed E-state index contributed by atoms with van der Waals surface area (Å²) >= 11 is 5.99. The molecule has 0 bridgehead atoms. The standard InChI is InChI=1S/C23H25ClN4O3/c1-23(22(30)25-12-14-31-2)15-27-19-6-4-3-5-18(19)26-20(27)21(29)28(23)13-11-16-7-9-17(24)10-8-16/h3-10H,11-15H2,1-2H3,(H,25,30)/t23-/m0/s1. The summed E-state index contributed by atoms with van der Waals surface area (Å²) < 4.78 is 6.91. The summed E-state index contributed by atoms with van der Waals surface area (Å²) in [7, 11) is 1.58. The van der Waals surface area contributed by atoms with Crippen LogP contribution in [0.1, 0.15) is 23.1 Å². The molecular formula is C23H25ClN4O3. The number of methoxy groups -OCH3 is 1. The maximum atomic E-state index is 13.5. The molecule has 1 aliphatic heterocycles. The molecule has 0 saturated carbocycles. The average molecular weight is 441 g/mol. The second-order valence-corrected chi connectivity index (χ2v) is 8.30. The van der Waals surface area contributed by atoms with E-state index in [-0.39, 0.29) is 11.8 Å². The van der Waals surface area contributed by atoms with Crippen LogP contribution in [0.3, 0.4) is 0 Å². The Morgan fingerprint density at radius 3 is 2.71 bits per heavy atom. The van der Waals surface area contributed by atoms with Gasteiger partial charge in [-0.25, -0.2) is 4.98 Å². The lowest BCUT2D eigenvalue weighted by Crippen LogP contribution is -2.64. The molecule has 3 aromatic rings. The Balaban J connectivity index is 1.68. The van der Waals surface area contributed by atoms with E-state index in [2.05, 4.69) is 10.3 Å². The first kappa shape index (κ1) is 21.3. The molecule has 162 valence electrons. The van der Waals surface area contributed by atoms with Crippen LogP contribution in [0.15, 0.2) is 48.5 Å². The van der Waals surface area contributed by atoms with E-state index < -0.39 is 5.54 Å². The molecule has 7 nitrogen and oxygen atoms in total. The van der Waals surface area contributed by atoms with Crippen LogP contribution in [0, 0.1) is 0 Å². The zero-order chi connectivity index (χ0) is 22.0. The molecule has 8 heteroatoms. The van der Waals surface area contributed by atoms with Gasteiger partial charge >= 0.3 is 0 Å². The minimum Gasteiger partial charge on any atom is -0.383 e. The molecule has 0 saturated heterocycles. The summed E-state index contributed by atoms with van der Waals surface area (Å²) in [5.41, 5.74) is 1.57. The molecule has 2 amide bonds. The molecule has 2 aromatic carbocycles. The highest BCUT2D eigenvalue weighted by Gasteiger charge is 2.48. The predicted octanol–water partition coefficient (Wildman–Crippen LogP) is 2.91.